The summed E-state index contributed by atoms with van der Waals surface area (Å²) in [6.45, 7) is 14.6. The van der Waals surface area contributed by atoms with Gasteiger partial charge in [-0.15, -0.1) is 0 Å². The number of nitrogens with zero attached hydrogens (tertiary/aromatic N) is 1. The first-order chi connectivity index (χ1) is 16.9. The fraction of sp³-hybridized carbons (Fsp3) is 0.571. The lowest BCUT2D eigenvalue weighted by atomic mass is 9.76. The van der Waals surface area contributed by atoms with Gasteiger partial charge >= 0.3 is 11.9 Å². The van der Waals surface area contributed by atoms with Crippen molar-refractivity contribution in [3.05, 3.63) is 47.0 Å². The molecule has 206 valence electrons. The summed E-state index contributed by atoms with van der Waals surface area (Å²) in [6, 6.07) is 4.27. The molecule has 0 radical (unpaired) electrons. The molecule has 0 bridgehead atoms. The van der Waals surface area contributed by atoms with Crippen molar-refractivity contribution in [2.45, 2.75) is 78.9 Å². The van der Waals surface area contributed by atoms with Gasteiger partial charge in [-0.05, 0) is 43.0 Å². The van der Waals surface area contributed by atoms with Crippen molar-refractivity contribution in [1.82, 2.24) is 15.5 Å². The molecule has 3 atom stereocenters. The highest BCUT2D eigenvalue weighted by Gasteiger charge is 2.41. The van der Waals surface area contributed by atoms with E-state index in [1.54, 1.807) is 32.3 Å². The number of likely N-dealkylation sites (N-methyl/N-ethyl adjacent to an activating group) is 2. The van der Waals surface area contributed by atoms with Crippen LogP contribution in [0.4, 0.5) is 0 Å². The topological polar surface area (TPSA) is 136 Å². The lowest BCUT2D eigenvalue weighted by molar-refractivity contribution is -0.141. The van der Waals surface area contributed by atoms with Gasteiger partial charge in [0.25, 0.3) is 0 Å². The molecule has 0 aliphatic heterocycles. The molecule has 1 unspecified atom stereocenters. The van der Waals surface area contributed by atoms with E-state index in [0.717, 1.165) is 5.56 Å². The summed E-state index contributed by atoms with van der Waals surface area (Å²) < 4.78 is 0. The highest BCUT2D eigenvalue weighted by molar-refractivity contribution is 5.92. The Morgan fingerprint density at radius 3 is 1.84 bits per heavy atom. The van der Waals surface area contributed by atoms with Gasteiger partial charge in [-0.2, -0.15) is 0 Å². The fourth-order valence-electron chi connectivity index (χ4n) is 4.33. The molecule has 2 amide bonds. The molecule has 37 heavy (non-hydrogen) atoms. The molecule has 0 saturated heterocycles. The van der Waals surface area contributed by atoms with Crippen LogP contribution in [0.5, 0.6) is 0 Å². The first-order valence-electron chi connectivity index (χ1n) is 12.4. The molecule has 0 saturated carbocycles. The van der Waals surface area contributed by atoms with E-state index in [0.29, 0.717) is 0 Å². The zero-order valence-corrected chi connectivity index (χ0v) is 23.7. The maximum atomic E-state index is 13.7. The van der Waals surface area contributed by atoms with E-state index in [-0.39, 0.29) is 28.9 Å². The van der Waals surface area contributed by atoms with Crippen molar-refractivity contribution in [1.29, 1.82) is 0 Å². The van der Waals surface area contributed by atoms with E-state index in [1.165, 1.54) is 24.0 Å². The van der Waals surface area contributed by atoms with Crippen molar-refractivity contribution in [2.24, 2.45) is 11.3 Å². The number of carboxylic acids is 2. The minimum absolute atomic E-state index is 0.0580. The van der Waals surface area contributed by atoms with Gasteiger partial charge in [0.1, 0.15) is 6.04 Å². The van der Waals surface area contributed by atoms with E-state index in [1.807, 2.05) is 48.5 Å². The van der Waals surface area contributed by atoms with Crippen LogP contribution in [0, 0.1) is 11.3 Å². The van der Waals surface area contributed by atoms with Crippen LogP contribution in [0.25, 0.3) is 0 Å². The number of hydrogen-bond donors (Lipinski definition) is 4. The number of carbonyl (C=O) groups excluding carboxylic acids is 2. The average Bonchev–Trinajstić information content (AvgIpc) is 2.79. The van der Waals surface area contributed by atoms with Gasteiger partial charge in [-0.3, -0.25) is 9.59 Å². The number of aromatic carboxylic acids is 1. The van der Waals surface area contributed by atoms with Crippen LogP contribution >= 0.6 is 0 Å². The third-order valence-electron chi connectivity index (χ3n) is 6.78. The van der Waals surface area contributed by atoms with Gasteiger partial charge in [0, 0.05) is 18.0 Å². The van der Waals surface area contributed by atoms with Crippen molar-refractivity contribution in [3.63, 3.8) is 0 Å². The molecule has 0 aliphatic carbocycles. The summed E-state index contributed by atoms with van der Waals surface area (Å²) >= 11 is 0. The Hall–Kier alpha value is -3.20. The summed E-state index contributed by atoms with van der Waals surface area (Å²) in [5.41, 5.74) is -0.329. The molecule has 1 aromatic carbocycles. The van der Waals surface area contributed by atoms with Crippen LogP contribution in [0.15, 0.2) is 35.9 Å². The van der Waals surface area contributed by atoms with Crippen LogP contribution in [-0.2, 0) is 19.8 Å². The Kier molecular flexibility index (Phi) is 10.6. The van der Waals surface area contributed by atoms with Gasteiger partial charge in [0.15, 0.2) is 0 Å². The Morgan fingerprint density at radius 2 is 1.46 bits per heavy atom. The third kappa shape index (κ3) is 7.89. The molecule has 0 aliphatic rings. The zero-order chi connectivity index (χ0) is 28.9. The van der Waals surface area contributed by atoms with Gasteiger partial charge in [0.05, 0.1) is 17.6 Å². The van der Waals surface area contributed by atoms with Crippen molar-refractivity contribution in [2.75, 3.05) is 14.1 Å². The Bertz CT molecular complexity index is 1020. The van der Waals surface area contributed by atoms with Crippen LogP contribution in [0.1, 0.15) is 71.3 Å². The second-order valence-corrected chi connectivity index (χ2v) is 11.5. The molecule has 9 heteroatoms. The SMILES string of the molecule is CNC(C(=O)N[C@H](C(=O)N(C)[C@H](C=C(C)C(=O)O)C(C)C)C(C)(C)C)C(C)(C)c1ccc(C(=O)O)cc1. The minimum Gasteiger partial charge on any atom is -0.478 e. The predicted molar refractivity (Wildman–Crippen MR) is 143 cm³/mol. The second-order valence-electron chi connectivity index (χ2n) is 11.5. The maximum Gasteiger partial charge on any atom is 0.335 e. The van der Waals surface area contributed by atoms with E-state index in [4.69, 9.17) is 0 Å². The summed E-state index contributed by atoms with van der Waals surface area (Å²) in [5.74, 6) is -2.85. The van der Waals surface area contributed by atoms with Crippen LogP contribution in [0.3, 0.4) is 0 Å². The average molecular weight is 518 g/mol. The molecule has 1 rings (SSSR count). The quantitative estimate of drug-likeness (QED) is 0.331. The smallest absolute Gasteiger partial charge is 0.335 e. The first kappa shape index (κ1) is 31.8. The largest absolute Gasteiger partial charge is 0.478 e. The van der Waals surface area contributed by atoms with Crippen molar-refractivity contribution >= 4 is 23.8 Å². The fourth-order valence-corrected chi connectivity index (χ4v) is 4.33. The van der Waals surface area contributed by atoms with Gasteiger partial charge in [0.2, 0.25) is 11.8 Å². The standard InChI is InChI=1S/C28H43N3O6/c1-16(2)20(15-17(3)25(34)35)31(10)24(33)22(27(4,5)6)30-23(32)21(29-9)28(7,8)19-13-11-18(12-14-19)26(36)37/h11-16,20-22,29H,1-10H3,(H,30,32)(H,34,35)(H,36,37)/t20-,21?,22-/m1/s1. The zero-order valence-electron chi connectivity index (χ0n) is 23.7. The third-order valence-corrected chi connectivity index (χ3v) is 6.78. The van der Waals surface area contributed by atoms with Gasteiger partial charge in [-0.1, -0.05) is 66.7 Å². The summed E-state index contributed by atoms with van der Waals surface area (Å²) in [5, 5.41) is 24.5. The number of nitrogens with one attached hydrogen (secondary N) is 2. The summed E-state index contributed by atoms with van der Waals surface area (Å²) in [6.07, 6.45) is 1.56. The number of amides is 2. The highest BCUT2D eigenvalue weighted by Crippen LogP contribution is 2.29. The lowest BCUT2D eigenvalue weighted by Gasteiger charge is -2.40. The normalized spacial score (nSPS) is 15.1. The van der Waals surface area contributed by atoms with Gasteiger partial charge in [-0.25, -0.2) is 9.59 Å². The molecule has 0 fully saturated rings. The molecular weight excluding hydrogens is 474 g/mol. The molecule has 0 aromatic heterocycles. The van der Waals surface area contributed by atoms with Crippen molar-refractivity contribution in [3.8, 4) is 0 Å². The Labute approximate surface area is 220 Å². The minimum atomic E-state index is -1.05. The Balaban J connectivity index is 3.32. The molecule has 0 heterocycles. The van der Waals surface area contributed by atoms with Crippen LogP contribution in [-0.4, -0.2) is 71.1 Å². The van der Waals surface area contributed by atoms with E-state index >= 15 is 0 Å². The first-order valence-corrected chi connectivity index (χ1v) is 12.4. The lowest BCUT2D eigenvalue weighted by Crippen LogP contribution is -2.61. The predicted octanol–water partition coefficient (Wildman–Crippen LogP) is 3.30. The van der Waals surface area contributed by atoms with Gasteiger partial charge < -0.3 is 25.7 Å². The number of hydrogen-bond acceptors (Lipinski definition) is 5. The van der Waals surface area contributed by atoms with Crippen molar-refractivity contribution < 1.29 is 29.4 Å². The molecule has 0 spiro atoms. The second kappa shape index (κ2) is 12.4. The van der Waals surface area contributed by atoms with E-state index in [9.17, 15) is 29.4 Å². The highest BCUT2D eigenvalue weighted by atomic mass is 16.4. The summed E-state index contributed by atoms with van der Waals surface area (Å²) in [7, 11) is 3.28. The maximum absolute atomic E-state index is 13.7. The molecule has 9 nitrogen and oxygen atoms in total. The van der Waals surface area contributed by atoms with E-state index in [2.05, 4.69) is 10.6 Å². The summed E-state index contributed by atoms with van der Waals surface area (Å²) in [4.78, 5) is 51.4. The van der Waals surface area contributed by atoms with E-state index < -0.39 is 40.9 Å². The number of rotatable bonds is 11. The molecular formula is C28H43N3O6. The Morgan fingerprint density at radius 1 is 0.946 bits per heavy atom. The number of aliphatic carboxylic acids is 1. The molecule has 1 aromatic rings. The van der Waals surface area contributed by atoms with Crippen LogP contribution < -0.4 is 10.6 Å². The number of benzene rings is 1. The monoisotopic (exact) mass is 517 g/mol. The van der Waals surface area contributed by atoms with Crippen LogP contribution in [0.2, 0.25) is 0 Å². The molecule has 4 N–H and O–H groups in total. The number of carbonyl (C=O) groups is 4. The number of carboxylic acid groups (broad SMARTS) is 2.